The number of ether oxygens (including phenoxy) is 1. The van der Waals surface area contributed by atoms with Crippen LogP contribution in [0.2, 0.25) is 0 Å². The molecule has 4 nitrogen and oxygen atoms in total. The standard InChI is InChI=1S/C13H17N3O/c1-16-9-7-13(15-16)12(14)8-10-17-11-5-3-2-4-6-11/h2-7,9,12H,8,10,14H2,1H3. The Labute approximate surface area is 101 Å². The van der Waals surface area contributed by atoms with Crippen molar-refractivity contribution in [1.29, 1.82) is 0 Å². The van der Waals surface area contributed by atoms with E-state index >= 15 is 0 Å². The molecular weight excluding hydrogens is 214 g/mol. The third kappa shape index (κ3) is 3.32. The lowest BCUT2D eigenvalue weighted by atomic mass is 10.2. The van der Waals surface area contributed by atoms with Gasteiger partial charge in [0.25, 0.3) is 0 Å². The van der Waals surface area contributed by atoms with E-state index in [1.54, 1.807) is 4.68 Å². The maximum absolute atomic E-state index is 6.02. The fourth-order valence-corrected chi connectivity index (χ4v) is 1.60. The van der Waals surface area contributed by atoms with E-state index in [4.69, 9.17) is 10.5 Å². The Kier molecular flexibility index (Phi) is 3.77. The molecule has 0 spiro atoms. The molecular formula is C13H17N3O. The average Bonchev–Trinajstić information content (AvgIpc) is 2.77. The Morgan fingerprint density at radius 1 is 1.29 bits per heavy atom. The van der Waals surface area contributed by atoms with Gasteiger partial charge in [0.2, 0.25) is 0 Å². The molecule has 2 rings (SSSR count). The van der Waals surface area contributed by atoms with E-state index in [9.17, 15) is 0 Å². The highest BCUT2D eigenvalue weighted by atomic mass is 16.5. The van der Waals surface area contributed by atoms with Crippen LogP contribution in [-0.4, -0.2) is 16.4 Å². The second-order valence-electron chi connectivity index (χ2n) is 3.97. The molecule has 0 saturated carbocycles. The third-order valence-corrected chi connectivity index (χ3v) is 2.55. The largest absolute Gasteiger partial charge is 0.494 e. The minimum Gasteiger partial charge on any atom is -0.494 e. The van der Waals surface area contributed by atoms with Gasteiger partial charge in [-0.3, -0.25) is 4.68 Å². The summed E-state index contributed by atoms with van der Waals surface area (Å²) in [6.45, 7) is 0.599. The molecule has 4 heteroatoms. The van der Waals surface area contributed by atoms with Gasteiger partial charge >= 0.3 is 0 Å². The molecule has 0 aliphatic rings. The van der Waals surface area contributed by atoms with Crippen molar-refractivity contribution in [1.82, 2.24) is 9.78 Å². The lowest BCUT2D eigenvalue weighted by molar-refractivity contribution is 0.297. The molecule has 0 saturated heterocycles. The summed E-state index contributed by atoms with van der Waals surface area (Å²) >= 11 is 0. The third-order valence-electron chi connectivity index (χ3n) is 2.55. The predicted octanol–water partition coefficient (Wildman–Crippen LogP) is 1.89. The average molecular weight is 231 g/mol. The van der Waals surface area contributed by atoms with Crippen LogP contribution in [0, 0.1) is 0 Å². The summed E-state index contributed by atoms with van der Waals surface area (Å²) in [5.41, 5.74) is 6.92. The quantitative estimate of drug-likeness (QED) is 0.855. The highest BCUT2D eigenvalue weighted by Crippen LogP contribution is 2.13. The van der Waals surface area contributed by atoms with Gasteiger partial charge in [-0.2, -0.15) is 5.10 Å². The fraction of sp³-hybridized carbons (Fsp3) is 0.308. The first-order chi connectivity index (χ1) is 8.25. The summed E-state index contributed by atoms with van der Waals surface area (Å²) in [5, 5.41) is 4.27. The van der Waals surface area contributed by atoms with E-state index in [0.29, 0.717) is 6.61 Å². The molecule has 1 unspecified atom stereocenters. The number of para-hydroxylation sites is 1. The normalized spacial score (nSPS) is 12.4. The number of benzene rings is 1. The van der Waals surface area contributed by atoms with Gasteiger partial charge in [0.15, 0.2) is 0 Å². The zero-order valence-electron chi connectivity index (χ0n) is 9.91. The highest BCUT2D eigenvalue weighted by molar-refractivity contribution is 5.20. The lowest BCUT2D eigenvalue weighted by Crippen LogP contribution is -2.15. The van der Waals surface area contributed by atoms with Crippen molar-refractivity contribution in [3.63, 3.8) is 0 Å². The molecule has 0 amide bonds. The van der Waals surface area contributed by atoms with Crippen LogP contribution in [0.15, 0.2) is 42.6 Å². The molecule has 1 aromatic carbocycles. The first kappa shape index (κ1) is 11.7. The van der Waals surface area contributed by atoms with Crippen molar-refractivity contribution >= 4 is 0 Å². The Bertz CT molecular complexity index is 453. The summed E-state index contributed by atoms with van der Waals surface area (Å²) in [4.78, 5) is 0. The first-order valence-corrected chi connectivity index (χ1v) is 5.68. The van der Waals surface area contributed by atoms with Crippen LogP contribution in [0.4, 0.5) is 0 Å². The molecule has 0 fully saturated rings. The molecule has 0 aliphatic carbocycles. The molecule has 1 aromatic heterocycles. The Morgan fingerprint density at radius 2 is 2.06 bits per heavy atom. The summed E-state index contributed by atoms with van der Waals surface area (Å²) in [7, 11) is 1.89. The van der Waals surface area contributed by atoms with E-state index < -0.39 is 0 Å². The van der Waals surface area contributed by atoms with Crippen molar-refractivity contribution in [2.75, 3.05) is 6.61 Å². The lowest BCUT2D eigenvalue weighted by Gasteiger charge is -2.10. The molecule has 17 heavy (non-hydrogen) atoms. The minimum atomic E-state index is -0.0695. The molecule has 0 radical (unpaired) electrons. The van der Waals surface area contributed by atoms with Gasteiger partial charge in [0, 0.05) is 19.7 Å². The van der Waals surface area contributed by atoms with Gasteiger partial charge in [-0.25, -0.2) is 0 Å². The molecule has 1 heterocycles. The monoisotopic (exact) mass is 231 g/mol. The van der Waals surface area contributed by atoms with Crippen LogP contribution in [0.5, 0.6) is 5.75 Å². The van der Waals surface area contributed by atoms with Crippen LogP contribution in [0.1, 0.15) is 18.2 Å². The van der Waals surface area contributed by atoms with Crippen LogP contribution in [0.25, 0.3) is 0 Å². The Morgan fingerprint density at radius 3 is 2.71 bits per heavy atom. The summed E-state index contributed by atoms with van der Waals surface area (Å²) < 4.78 is 7.35. The van der Waals surface area contributed by atoms with Crippen LogP contribution < -0.4 is 10.5 Å². The molecule has 1 atom stereocenters. The fourth-order valence-electron chi connectivity index (χ4n) is 1.60. The first-order valence-electron chi connectivity index (χ1n) is 5.68. The predicted molar refractivity (Wildman–Crippen MR) is 66.7 cm³/mol. The summed E-state index contributed by atoms with van der Waals surface area (Å²) in [6.07, 6.45) is 2.65. The van der Waals surface area contributed by atoms with E-state index in [0.717, 1.165) is 17.9 Å². The highest BCUT2D eigenvalue weighted by Gasteiger charge is 2.08. The van der Waals surface area contributed by atoms with Gasteiger partial charge in [-0.15, -0.1) is 0 Å². The van der Waals surface area contributed by atoms with Crippen LogP contribution in [-0.2, 0) is 7.05 Å². The van der Waals surface area contributed by atoms with Crippen molar-refractivity contribution < 1.29 is 4.74 Å². The number of nitrogens with zero attached hydrogens (tertiary/aromatic N) is 2. The van der Waals surface area contributed by atoms with Crippen molar-refractivity contribution in [2.45, 2.75) is 12.5 Å². The zero-order valence-corrected chi connectivity index (χ0v) is 9.91. The second-order valence-corrected chi connectivity index (χ2v) is 3.97. The molecule has 0 aliphatic heterocycles. The van der Waals surface area contributed by atoms with Gasteiger partial charge in [0.05, 0.1) is 18.3 Å². The van der Waals surface area contributed by atoms with Crippen molar-refractivity contribution in [3.8, 4) is 5.75 Å². The zero-order chi connectivity index (χ0) is 12.1. The second kappa shape index (κ2) is 5.50. The molecule has 0 bridgehead atoms. The maximum Gasteiger partial charge on any atom is 0.119 e. The van der Waals surface area contributed by atoms with Gasteiger partial charge in [0.1, 0.15) is 5.75 Å². The number of aromatic nitrogens is 2. The SMILES string of the molecule is Cn1ccc(C(N)CCOc2ccccc2)n1. The number of nitrogens with two attached hydrogens (primary N) is 1. The topological polar surface area (TPSA) is 53.1 Å². The molecule has 2 aromatic rings. The van der Waals surface area contributed by atoms with Crippen molar-refractivity contribution in [2.24, 2.45) is 12.8 Å². The van der Waals surface area contributed by atoms with E-state index in [1.165, 1.54) is 0 Å². The Hall–Kier alpha value is -1.81. The number of aryl methyl sites for hydroxylation is 1. The molecule has 90 valence electrons. The van der Waals surface area contributed by atoms with Crippen LogP contribution >= 0.6 is 0 Å². The number of rotatable bonds is 5. The van der Waals surface area contributed by atoms with Crippen molar-refractivity contribution in [3.05, 3.63) is 48.3 Å². The summed E-state index contributed by atoms with van der Waals surface area (Å²) in [5.74, 6) is 0.876. The molecule has 2 N–H and O–H groups in total. The van der Waals surface area contributed by atoms with E-state index in [-0.39, 0.29) is 6.04 Å². The maximum atomic E-state index is 6.02. The number of hydrogen-bond donors (Lipinski definition) is 1. The van der Waals surface area contributed by atoms with Gasteiger partial charge in [-0.1, -0.05) is 18.2 Å². The summed E-state index contributed by atoms with van der Waals surface area (Å²) in [6, 6.07) is 11.6. The minimum absolute atomic E-state index is 0.0695. The van der Waals surface area contributed by atoms with Crippen LogP contribution in [0.3, 0.4) is 0 Å². The van der Waals surface area contributed by atoms with E-state index in [1.807, 2.05) is 49.6 Å². The van der Waals surface area contributed by atoms with Gasteiger partial charge in [-0.05, 0) is 18.2 Å². The van der Waals surface area contributed by atoms with E-state index in [2.05, 4.69) is 5.10 Å². The Balaban J connectivity index is 1.79. The smallest absolute Gasteiger partial charge is 0.119 e. The van der Waals surface area contributed by atoms with Gasteiger partial charge < -0.3 is 10.5 Å². The number of hydrogen-bond acceptors (Lipinski definition) is 3.